The average Bonchev–Trinajstić information content (AvgIpc) is 2.77. The van der Waals surface area contributed by atoms with Crippen molar-refractivity contribution in [3.8, 4) is 5.75 Å². The van der Waals surface area contributed by atoms with Gasteiger partial charge in [0.15, 0.2) is 6.61 Å². The predicted molar refractivity (Wildman–Crippen MR) is 110 cm³/mol. The lowest BCUT2D eigenvalue weighted by Gasteiger charge is -2.17. The second-order valence-electron chi connectivity index (χ2n) is 6.61. The van der Waals surface area contributed by atoms with Gasteiger partial charge in [-0.25, -0.2) is 4.79 Å². The van der Waals surface area contributed by atoms with Crippen molar-refractivity contribution < 1.29 is 19.1 Å². The molecule has 0 radical (unpaired) electrons. The van der Waals surface area contributed by atoms with E-state index >= 15 is 0 Å². The van der Waals surface area contributed by atoms with Crippen LogP contribution in [0.3, 0.4) is 0 Å². The van der Waals surface area contributed by atoms with Crippen molar-refractivity contribution in [1.82, 2.24) is 4.90 Å². The summed E-state index contributed by atoms with van der Waals surface area (Å²) in [6.07, 6.45) is 0. The zero-order chi connectivity index (χ0) is 20.5. The van der Waals surface area contributed by atoms with Crippen LogP contribution in [0.15, 0.2) is 84.9 Å². The van der Waals surface area contributed by atoms with Crippen LogP contribution in [0.25, 0.3) is 0 Å². The number of carbonyl (C=O) groups is 2. The first-order chi connectivity index (χ1) is 14.1. The molecule has 3 aromatic carbocycles. The zero-order valence-electron chi connectivity index (χ0n) is 16.3. The smallest absolute Gasteiger partial charge is 0.338 e. The SMILES string of the molecule is CN(Cc1ccccc1)C(=O)COC(=O)c1ccc(OCc2ccccc2)cc1. The molecule has 0 aliphatic heterocycles. The minimum Gasteiger partial charge on any atom is -0.489 e. The van der Waals surface area contributed by atoms with Gasteiger partial charge in [0, 0.05) is 13.6 Å². The van der Waals surface area contributed by atoms with Gasteiger partial charge in [0.25, 0.3) is 5.91 Å². The molecule has 148 valence electrons. The first-order valence-corrected chi connectivity index (χ1v) is 9.33. The maximum Gasteiger partial charge on any atom is 0.338 e. The molecule has 1 amide bonds. The number of ether oxygens (including phenoxy) is 2. The second kappa shape index (κ2) is 10.1. The predicted octanol–water partition coefficient (Wildman–Crippen LogP) is 4.08. The van der Waals surface area contributed by atoms with E-state index in [1.54, 1.807) is 31.3 Å². The van der Waals surface area contributed by atoms with E-state index in [1.165, 1.54) is 4.90 Å². The van der Waals surface area contributed by atoms with Gasteiger partial charge in [0.05, 0.1) is 5.56 Å². The van der Waals surface area contributed by atoms with E-state index in [0.717, 1.165) is 11.1 Å². The molecule has 0 saturated heterocycles. The minimum atomic E-state index is -0.541. The fourth-order valence-corrected chi connectivity index (χ4v) is 2.69. The molecule has 0 atom stereocenters. The number of nitrogens with zero attached hydrogens (tertiary/aromatic N) is 1. The summed E-state index contributed by atoms with van der Waals surface area (Å²) in [4.78, 5) is 25.9. The molecular formula is C24H23NO4. The summed E-state index contributed by atoms with van der Waals surface area (Å²) in [6, 6.07) is 26.1. The molecule has 3 aromatic rings. The summed E-state index contributed by atoms with van der Waals surface area (Å²) >= 11 is 0. The van der Waals surface area contributed by atoms with Crippen LogP contribution in [0.4, 0.5) is 0 Å². The molecule has 0 aliphatic rings. The van der Waals surface area contributed by atoms with Crippen LogP contribution in [0.1, 0.15) is 21.5 Å². The molecule has 0 spiro atoms. The van der Waals surface area contributed by atoms with Crippen molar-refractivity contribution in [2.75, 3.05) is 13.7 Å². The molecule has 5 nitrogen and oxygen atoms in total. The molecule has 29 heavy (non-hydrogen) atoms. The highest BCUT2D eigenvalue weighted by molar-refractivity contribution is 5.91. The number of esters is 1. The lowest BCUT2D eigenvalue weighted by molar-refractivity contribution is -0.133. The fourth-order valence-electron chi connectivity index (χ4n) is 2.69. The number of amides is 1. The number of hydrogen-bond donors (Lipinski definition) is 0. The first-order valence-electron chi connectivity index (χ1n) is 9.33. The van der Waals surface area contributed by atoms with E-state index < -0.39 is 5.97 Å². The molecule has 0 heterocycles. The maximum absolute atomic E-state index is 12.2. The fraction of sp³-hybridized carbons (Fsp3) is 0.167. The highest BCUT2D eigenvalue weighted by atomic mass is 16.5. The van der Waals surface area contributed by atoms with Crippen molar-refractivity contribution >= 4 is 11.9 Å². The van der Waals surface area contributed by atoms with Gasteiger partial charge in [-0.1, -0.05) is 60.7 Å². The van der Waals surface area contributed by atoms with Crippen LogP contribution >= 0.6 is 0 Å². The van der Waals surface area contributed by atoms with Crippen molar-refractivity contribution in [1.29, 1.82) is 0 Å². The highest BCUT2D eigenvalue weighted by Gasteiger charge is 2.14. The summed E-state index contributed by atoms with van der Waals surface area (Å²) < 4.78 is 10.8. The van der Waals surface area contributed by atoms with E-state index in [9.17, 15) is 9.59 Å². The summed E-state index contributed by atoms with van der Waals surface area (Å²) in [5, 5.41) is 0. The Morgan fingerprint density at radius 1 is 0.793 bits per heavy atom. The Labute approximate surface area is 170 Å². The lowest BCUT2D eigenvalue weighted by atomic mass is 10.2. The Bertz CT molecular complexity index is 924. The second-order valence-corrected chi connectivity index (χ2v) is 6.61. The third-order valence-corrected chi connectivity index (χ3v) is 4.35. The number of hydrogen-bond acceptors (Lipinski definition) is 4. The summed E-state index contributed by atoms with van der Waals surface area (Å²) in [6.45, 7) is 0.617. The topological polar surface area (TPSA) is 55.8 Å². The normalized spacial score (nSPS) is 10.2. The van der Waals surface area contributed by atoms with Crippen LogP contribution in [0.2, 0.25) is 0 Å². The van der Waals surface area contributed by atoms with Crippen molar-refractivity contribution in [3.63, 3.8) is 0 Å². The van der Waals surface area contributed by atoms with E-state index in [0.29, 0.717) is 24.5 Å². The van der Waals surface area contributed by atoms with E-state index in [4.69, 9.17) is 9.47 Å². The number of rotatable bonds is 8. The molecule has 5 heteroatoms. The Hall–Kier alpha value is -3.60. The first kappa shape index (κ1) is 20.1. The maximum atomic E-state index is 12.2. The Morgan fingerprint density at radius 3 is 2.00 bits per heavy atom. The monoisotopic (exact) mass is 389 g/mol. The van der Waals surface area contributed by atoms with Gasteiger partial charge in [-0.05, 0) is 35.4 Å². The molecule has 0 aliphatic carbocycles. The number of benzene rings is 3. The van der Waals surface area contributed by atoms with Gasteiger partial charge >= 0.3 is 5.97 Å². The van der Waals surface area contributed by atoms with Crippen LogP contribution < -0.4 is 4.74 Å². The van der Waals surface area contributed by atoms with E-state index in [-0.39, 0.29) is 12.5 Å². The summed E-state index contributed by atoms with van der Waals surface area (Å²) in [7, 11) is 1.68. The van der Waals surface area contributed by atoms with Gasteiger partial charge in [0.1, 0.15) is 12.4 Å². The molecule has 0 bridgehead atoms. The Morgan fingerprint density at radius 2 is 1.38 bits per heavy atom. The van der Waals surface area contributed by atoms with Gasteiger partial charge in [-0.15, -0.1) is 0 Å². The largest absolute Gasteiger partial charge is 0.489 e. The van der Waals surface area contributed by atoms with Gasteiger partial charge in [-0.2, -0.15) is 0 Å². The standard InChI is InChI=1S/C24H23NO4/c1-25(16-19-8-4-2-5-9-19)23(26)18-29-24(27)21-12-14-22(15-13-21)28-17-20-10-6-3-7-11-20/h2-15H,16-18H2,1H3. The Balaban J connectivity index is 1.45. The summed E-state index contributed by atoms with van der Waals surface area (Å²) in [5.41, 5.74) is 2.45. The molecule has 0 saturated carbocycles. The quantitative estimate of drug-likeness (QED) is 0.545. The minimum absolute atomic E-state index is 0.259. The van der Waals surface area contributed by atoms with Crippen molar-refractivity contribution in [2.45, 2.75) is 13.2 Å². The number of carbonyl (C=O) groups excluding carboxylic acids is 2. The van der Waals surface area contributed by atoms with E-state index in [2.05, 4.69) is 0 Å². The van der Waals surface area contributed by atoms with Gasteiger partial charge in [0.2, 0.25) is 0 Å². The van der Waals surface area contributed by atoms with Gasteiger partial charge in [-0.3, -0.25) is 4.79 Å². The van der Waals surface area contributed by atoms with E-state index in [1.807, 2.05) is 60.7 Å². The molecule has 3 rings (SSSR count). The number of likely N-dealkylation sites (N-methyl/N-ethyl adjacent to an activating group) is 1. The summed E-state index contributed by atoms with van der Waals surface area (Å²) in [5.74, 6) is -0.143. The van der Waals surface area contributed by atoms with Crippen molar-refractivity contribution in [2.24, 2.45) is 0 Å². The lowest BCUT2D eigenvalue weighted by Crippen LogP contribution is -2.30. The van der Waals surface area contributed by atoms with Crippen LogP contribution in [0, 0.1) is 0 Å². The zero-order valence-corrected chi connectivity index (χ0v) is 16.3. The Kier molecular flexibility index (Phi) is 7.00. The average molecular weight is 389 g/mol. The molecule has 0 aromatic heterocycles. The third kappa shape index (κ3) is 6.21. The third-order valence-electron chi connectivity index (χ3n) is 4.35. The van der Waals surface area contributed by atoms with Crippen LogP contribution in [-0.2, 0) is 22.7 Å². The van der Waals surface area contributed by atoms with Crippen molar-refractivity contribution in [3.05, 3.63) is 102 Å². The van der Waals surface area contributed by atoms with Gasteiger partial charge < -0.3 is 14.4 Å². The molecule has 0 fully saturated rings. The highest BCUT2D eigenvalue weighted by Crippen LogP contribution is 2.15. The molecule has 0 unspecified atom stereocenters. The molecular weight excluding hydrogens is 366 g/mol. The molecule has 0 N–H and O–H groups in total. The van der Waals surface area contributed by atoms with Crippen LogP contribution in [0.5, 0.6) is 5.75 Å². The van der Waals surface area contributed by atoms with Crippen LogP contribution in [-0.4, -0.2) is 30.4 Å².